The number of anilines is 1. The molecule has 25 heavy (non-hydrogen) atoms. The second kappa shape index (κ2) is 5.61. The quantitative estimate of drug-likeness (QED) is 0.719. The number of aromatic nitrogens is 1. The molecular formula is C18H21ClFN3O2. The zero-order valence-corrected chi connectivity index (χ0v) is 15.5. The van der Waals surface area contributed by atoms with Crippen molar-refractivity contribution in [2.24, 2.45) is 7.05 Å². The third-order valence-corrected chi connectivity index (χ3v) is 6.05. The van der Waals surface area contributed by atoms with Gasteiger partial charge < -0.3 is 14.2 Å². The van der Waals surface area contributed by atoms with E-state index in [0.717, 1.165) is 13.1 Å². The highest BCUT2D eigenvalue weighted by atomic mass is 35.5. The van der Waals surface area contributed by atoms with Gasteiger partial charge in [0, 0.05) is 37.1 Å². The minimum Gasteiger partial charge on any atom is -0.484 e. The maximum atomic E-state index is 14.4. The fourth-order valence-corrected chi connectivity index (χ4v) is 4.20. The summed E-state index contributed by atoms with van der Waals surface area (Å²) in [4.78, 5) is 17.3. The smallest absolute Gasteiger partial charge is 0.295 e. The molecule has 134 valence electrons. The van der Waals surface area contributed by atoms with Crippen molar-refractivity contribution in [2.75, 3.05) is 31.6 Å². The first kappa shape index (κ1) is 16.7. The van der Waals surface area contributed by atoms with Crippen LogP contribution < -0.4 is 15.2 Å². The Kier molecular flexibility index (Phi) is 3.74. The Balaban J connectivity index is 2.06. The Labute approximate surface area is 150 Å². The summed E-state index contributed by atoms with van der Waals surface area (Å²) in [5.41, 5.74) is 1.35. The molecule has 2 aromatic rings. The SMILES string of the molecule is Cc1c(F)cc2c3c(c(=O)n(C)c2c1Cl)OCC1CN(C)C(C)CN31. The van der Waals surface area contributed by atoms with E-state index < -0.39 is 0 Å². The number of fused-ring (bicyclic) bond motifs is 5. The second-order valence-electron chi connectivity index (χ2n) is 7.14. The Morgan fingerprint density at radius 2 is 2.04 bits per heavy atom. The van der Waals surface area contributed by atoms with Crippen LogP contribution in [0.3, 0.4) is 0 Å². The van der Waals surface area contributed by atoms with Crippen LogP contribution in [-0.4, -0.2) is 48.3 Å². The van der Waals surface area contributed by atoms with E-state index in [0.29, 0.717) is 40.6 Å². The molecule has 7 heteroatoms. The molecule has 2 aliphatic rings. The van der Waals surface area contributed by atoms with Crippen LogP contribution in [0.5, 0.6) is 5.75 Å². The Bertz CT molecular complexity index is 943. The van der Waals surface area contributed by atoms with Crippen LogP contribution in [0.25, 0.3) is 10.9 Å². The van der Waals surface area contributed by atoms with Gasteiger partial charge in [-0.2, -0.15) is 0 Å². The molecule has 0 radical (unpaired) electrons. The van der Waals surface area contributed by atoms with Crippen LogP contribution in [0.4, 0.5) is 10.1 Å². The van der Waals surface area contributed by atoms with Gasteiger partial charge >= 0.3 is 0 Å². The topological polar surface area (TPSA) is 37.7 Å². The number of benzene rings is 1. The number of rotatable bonds is 0. The van der Waals surface area contributed by atoms with Crippen molar-refractivity contribution in [3.05, 3.63) is 32.8 Å². The fraction of sp³-hybridized carbons (Fsp3) is 0.500. The molecule has 5 nitrogen and oxygen atoms in total. The van der Waals surface area contributed by atoms with Gasteiger partial charge in [-0.1, -0.05) is 11.6 Å². The van der Waals surface area contributed by atoms with Crippen LogP contribution in [0.1, 0.15) is 12.5 Å². The molecular weight excluding hydrogens is 345 g/mol. The zero-order chi connectivity index (χ0) is 18.0. The van der Waals surface area contributed by atoms with E-state index in [-0.39, 0.29) is 22.4 Å². The summed E-state index contributed by atoms with van der Waals surface area (Å²) in [6.07, 6.45) is 0. The number of piperazine rings is 1. The number of nitrogens with zero attached hydrogens (tertiary/aromatic N) is 3. The number of likely N-dealkylation sites (N-methyl/N-ethyl adjacent to an activating group) is 1. The minimum atomic E-state index is -0.373. The lowest BCUT2D eigenvalue weighted by molar-refractivity contribution is 0.151. The van der Waals surface area contributed by atoms with E-state index in [1.165, 1.54) is 10.6 Å². The molecule has 1 saturated heterocycles. The van der Waals surface area contributed by atoms with Crippen molar-refractivity contribution < 1.29 is 9.13 Å². The molecule has 0 bridgehead atoms. The Hall–Kier alpha value is -1.79. The maximum Gasteiger partial charge on any atom is 0.295 e. The summed E-state index contributed by atoms with van der Waals surface area (Å²) in [5.74, 6) is -0.0787. The molecule has 0 aliphatic carbocycles. The van der Waals surface area contributed by atoms with Crippen LogP contribution in [0, 0.1) is 12.7 Å². The predicted octanol–water partition coefficient (Wildman–Crippen LogP) is 2.54. The van der Waals surface area contributed by atoms with E-state index in [4.69, 9.17) is 16.3 Å². The summed E-state index contributed by atoms with van der Waals surface area (Å²) in [6.45, 7) is 5.81. The second-order valence-corrected chi connectivity index (χ2v) is 7.52. The van der Waals surface area contributed by atoms with Gasteiger partial charge in [0.25, 0.3) is 5.56 Å². The monoisotopic (exact) mass is 365 g/mol. The van der Waals surface area contributed by atoms with Gasteiger partial charge in [0.05, 0.1) is 22.3 Å². The number of halogens is 2. The van der Waals surface area contributed by atoms with Gasteiger partial charge in [-0.25, -0.2) is 4.39 Å². The van der Waals surface area contributed by atoms with Gasteiger partial charge in [0.1, 0.15) is 12.4 Å². The van der Waals surface area contributed by atoms with E-state index in [1.54, 1.807) is 14.0 Å². The van der Waals surface area contributed by atoms with Crippen LogP contribution >= 0.6 is 11.6 Å². The molecule has 0 saturated carbocycles. The largest absolute Gasteiger partial charge is 0.484 e. The molecule has 4 rings (SSSR count). The Morgan fingerprint density at radius 1 is 1.32 bits per heavy atom. The molecule has 0 amide bonds. The first-order valence-electron chi connectivity index (χ1n) is 8.42. The van der Waals surface area contributed by atoms with Gasteiger partial charge in [-0.05, 0) is 27.0 Å². The van der Waals surface area contributed by atoms with Crippen LogP contribution in [-0.2, 0) is 7.05 Å². The lowest BCUT2D eigenvalue weighted by atomic mass is 10.0. The predicted molar refractivity (Wildman–Crippen MR) is 97.6 cm³/mol. The van der Waals surface area contributed by atoms with Crippen LogP contribution in [0.2, 0.25) is 5.02 Å². The lowest BCUT2D eigenvalue weighted by Crippen LogP contribution is -2.60. The standard InChI is InChI=1S/C18H21ClFN3O2/c1-9-6-23-11(7-21(9)3)8-25-17-16(23)12-5-13(20)10(2)14(19)15(12)22(4)18(17)24/h5,9,11H,6-8H2,1-4H3. The third kappa shape index (κ3) is 2.27. The normalized spacial score (nSPS) is 23.4. The van der Waals surface area contributed by atoms with E-state index in [9.17, 15) is 9.18 Å². The highest BCUT2D eigenvalue weighted by Crippen LogP contribution is 2.42. The lowest BCUT2D eigenvalue weighted by Gasteiger charge is -2.47. The molecule has 1 aromatic carbocycles. The molecule has 1 fully saturated rings. The van der Waals surface area contributed by atoms with Crippen molar-refractivity contribution in [2.45, 2.75) is 25.9 Å². The summed E-state index contributed by atoms with van der Waals surface area (Å²) in [7, 11) is 3.73. The molecule has 0 N–H and O–H groups in total. The molecule has 2 aliphatic heterocycles. The van der Waals surface area contributed by atoms with Gasteiger partial charge in [0.2, 0.25) is 5.75 Å². The van der Waals surface area contributed by atoms with Gasteiger partial charge in [-0.15, -0.1) is 0 Å². The first-order valence-corrected chi connectivity index (χ1v) is 8.80. The fourth-order valence-electron chi connectivity index (χ4n) is 3.89. The summed E-state index contributed by atoms with van der Waals surface area (Å²) < 4.78 is 21.7. The number of hydrogen-bond acceptors (Lipinski definition) is 4. The summed E-state index contributed by atoms with van der Waals surface area (Å²) >= 11 is 6.41. The average molecular weight is 366 g/mol. The van der Waals surface area contributed by atoms with Crippen molar-refractivity contribution >= 4 is 28.2 Å². The van der Waals surface area contributed by atoms with Gasteiger partial charge in [0.15, 0.2) is 0 Å². The molecule has 2 atom stereocenters. The third-order valence-electron chi connectivity index (χ3n) is 5.59. The Morgan fingerprint density at radius 3 is 2.76 bits per heavy atom. The number of aryl methyl sites for hydroxylation is 1. The van der Waals surface area contributed by atoms with E-state index >= 15 is 0 Å². The molecule has 1 aromatic heterocycles. The number of pyridine rings is 1. The summed E-state index contributed by atoms with van der Waals surface area (Å²) in [5, 5.41) is 0.911. The number of hydrogen-bond donors (Lipinski definition) is 0. The molecule has 0 spiro atoms. The molecule has 3 heterocycles. The first-order chi connectivity index (χ1) is 11.8. The minimum absolute atomic E-state index is 0.132. The van der Waals surface area contributed by atoms with Crippen molar-refractivity contribution in [3.8, 4) is 5.75 Å². The van der Waals surface area contributed by atoms with Gasteiger partial charge in [-0.3, -0.25) is 9.69 Å². The van der Waals surface area contributed by atoms with Crippen LogP contribution in [0.15, 0.2) is 10.9 Å². The van der Waals surface area contributed by atoms with Crippen molar-refractivity contribution in [3.63, 3.8) is 0 Å². The van der Waals surface area contributed by atoms with Crippen molar-refractivity contribution in [1.82, 2.24) is 9.47 Å². The van der Waals surface area contributed by atoms with Crippen molar-refractivity contribution in [1.29, 1.82) is 0 Å². The summed E-state index contributed by atoms with van der Waals surface area (Å²) in [6, 6.07) is 1.93. The highest BCUT2D eigenvalue weighted by Gasteiger charge is 2.38. The zero-order valence-electron chi connectivity index (χ0n) is 14.8. The average Bonchev–Trinajstić information content (AvgIpc) is 2.57. The van der Waals surface area contributed by atoms with E-state index in [1.807, 2.05) is 0 Å². The number of ether oxygens (including phenoxy) is 1. The maximum absolute atomic E-state index is 14.4. The highest BCUT2D eigenvalue weighted by molar-refractivity contribution is 6.36. The van der Waals surface area contributed by atoms with E-state index in [2.05, 4.69) is 23.8 Å². The molecule has 2 unspecified atom stereocenters.